The first-order valence-electron chi connectivity index (χ1n) is 7.79. The third-order valence-corrected chi connectivity index (χ3v) is 4.33. The molecule has 0 radical (unpaired) electrons. The molecule has 3 N–H and O–H groups in total. The first-order valence-corrected chi connectivity index (χ1v) is 8.58. The highest BCUT2D eigenvalue weighted by atomic mass is 79.9. The summed E-state index contributed by atoms with van der Waals surface area (Å²) in [6, 6.07) is 9.46. The Labute approximate surface area is 160 Å². The number of aromatic nitrogens is 5. The number of nitrogens with one attached hydrogen (secondary N) is 1. The molecule has 0 aliphatic heterocycles. The second-order valence-electron chi connectivity index (χ2n) is 5.70. The predicted octanol–water partition coefficient (Wildman–Crippen LogP) is 3.89. The summed E-state index contributed by atoms with van der Waals surface area (Å²) >= 11 is 3.37. The molecule has 0 aliphatic rings. The van der Waals surface area contributed by atoms with Gasteiger partial charge in [0.05, 0.1) is 11.0 Å². The van der Waals surface area contributed by atoms with E-state index in [0.29, 0.717) is 11.3 Å². The van der Waals surface area contributed by atoms with E-state index in [1.807, 2.05) is 24.3 Å². The second kappa shape index (κ2) is 6.54. The van der Waals surface area contributed by atoms with Gasteiger partial charge in [0.15, 0.2) is 11.6 Å². The summed E-state index contributed by atoms with van der Waals surface area (Å²) in [5.41, 5.74) is 7.17. The minimum Gasteiger partial charge on any atom is -0.368 e. The highest BCUT2D eigenvalue weighted by Crippen LogP contribution is 2.24. The van der Waals surface area contributed by atoms with Crippen LogP contribution in [-0.4, -0.2) is 24.5 Å². The highest BCUT2D eigenvalue weighted by molar-refractivity contribution is 9.10. The van der Waals surface area contributed by atoms with Gasteiger partial charge in [-0.2, -0.15) is 15.0 Å². The first-order chi connectivity index (χ1) is 12.9. The van der Waals surface area contributed by atoms with Crippen LogP contribution < -0.4 is 11.1 Å². The van der Waals surface area contributed by atoms with Gasteiger partial charge in [-0.15, -0.1) is 0 Å². The number of nitrogens with zero attached hydrogens (tertiary/aromatic N) is 5. The number of hydrogen-bond acceptors (Lipinski definition) is 6. The summed E-state index contributed by atoms with van der Waals surface area (Å²) in [6.07, 6.45) is 0. The fourth-order valence-corrected chi connectivity index (χ4v) is 2.91. The van der Waals surface area contributed by atoms with Gasteiger partial charge in [-0.25, -0.2) is 13.8 Å². The molecular formula is C17H12BrF2N7. The zero-order chi connectivity index (χ0) is 19.1. The lowest BCUT2D eigenvalue weighted by Crippen LogP contribution is -2.10. The van der Waals surface area contributed by atoms with Crippen molar-refractivity contribution in [2.45, 2.75) is 6.92 Å². The van der Waals surface area contributed by atoms with Gasteiger partial charge >= 0.3 is 0 Å². The van der Waals surface area contributed by atoms with Crippen LogP contribution in [0.5, 0.6) is 0 Å². The molecule has 0 atom stereocenters. The monoisotopic (exact) mass is 431 g/mol. The van der Waals surface area contributed by atoms with Crippen molar-refractivity contribution >= 4 is 44.5 Å². The Morgan fingerprint density at radius 3 is 2.44 bits per heavy atom. The van der Waals surface area contributed by atoms with E-state index in [2.05, 4.69) is 41.2 Å². The number of aryl methyl sites for hydroxylation is 1. The Morgan fingerprint density at radius 1 is 1.00 bits per heavy atom. The topological polar surface area (TPSA) is 94.5 Å². The summed E-state index contributed by atoms with van der Waals surface area (Å²) in [5.74, 6) is -1.17. The van der Waals surface area contributed by atoms with Gasteiger partial charge in [0, 0.05) is 22.3 Å². The first kappa shape index (κ1) is 17.3. The molecular weight excluding hydrogens is 420 g/mol. The van der Waals surface area contributed by atoms with E-state index in [-0.39, 0.29) is 23.4 Å². The van der Waals surface area contributed by atoms with E-state index in [1.165, 1.54) is 4.57 Å². The fraction of sp³-hybridized carbons (Fsp3) is 0.0588. The zero-order valence-corrected chi connectivity index (χ0v) is 15.5. The Hall–Kier alpha value is -3.14. The molecule has 0 saturated heterocycles. The van der Waals surface area contributed by atoms with Gasteiger partial charge in [-0.05, 0) is 31.2 Å². The van der Waals surface area contributed by atoms with Gasteiger partial charge in [0.25, 0.3) is 0 Å². The quantitative estimate of drug-likeness (QED) is 0.510. The standard InChI is InChI=1S/C17H12BrF2N7/c1-8-22-13-6-11(19)12(20)7-14(13)27(8)17-25-15(21)24-16(26-17)23-10-4-2-9(18)3-5-10/h2-7H,1H3,(H3,21,23,24,25,26). The Kier molecular flexibility index (Phi) is 4.19. The molecule has 27 heavy (non-hydrogen) atoms. The molecule has 0 unspecified atom stereocenters. The number of hydrogen-bond donors (Lipinski definition) is 2. The molecule has 2 heterocycles. The van der Waals surface area contributed by atoms with Crippen molar-refractivity contribution in [1.29, 1.82) is 0 Å². The van der Waals surface area contributed by atoms with Gasteiger partial charge in [0.1, 0.15) is 5.82 Å². The largest absolute Gasteiger partial charge is 0.368 e. The average molecular weight is 432 g/mol. The van der Waals surface area contributed by atoms with Crippen LogP contribution in [0.2, 0.25) is 0 Å². The van der Waals surface area contributed by atoms with Crippen molar-refractivity contribution in [3.05, 3.63) is 58.3 Å². The number of nitrogen functional groups attached to an aromatic ring is 1. The summed E-state index contributed by atoms with van der Waals surface area (Å²) in [6.45, 7) is 1.68. The smallest absolute Gasteiger partial charge is 0.242 e. The average Bonchev–Trinajstić information content (AvgIpc) is 2.92. The molecule has 4 rings (SSSR count). The molecule has 2 aromatic carbocycles. The Balaban J connectivity index is 1.81. The third kappa shape index (κ3) is 3.31. The summed E-state index contributed by atoms with van der Waals surface area (Å²) < 4.78 is 29.6. The van der Waals surface area contributed by atoms with Crippen LogP contribution in [0.3, 0.4) is 0 Å². The van der Waals surface area contributed by atoms with Crippen molar-refractivity contribution in [2.24, 2.45) is 0 Å². The Morgan fingerprint density at radius 2 is 1.70 bits per heavy atom. The molecule has 0 saturated carbocycles. The van der Waals surface area contributed by atoms with Crippen molar-refractivity contribution in [2.75, 3.05) is 11.1 Å². The molecule has 4 aromatic rings. The summed E-state index contributed by atoms with van der Waals surface area (Å²) in [7, 11) is 0. The van der Waals surface area contributed by atoms with Crippen molar-refractivity contribution in [3.63, 3.8) is 0 Å². The number of rotatable bonds is 3. The van der Waals surface area contributed by atoms with Crippen LogP contribution in [0, 0.1) is 18.6 Å². The second-order valence-corrected chi connectivity index (χ2v) is 6.61. The Bertz CT molecular complexity index is 1160. The highest BCUT2D eigenvalue weighted by Gasteiger charge is 2.16. The number of anilines is 3. The van der Waals surface area contributed by atoms with E-state index in [9.17, 15) is 8.78 Å². The van der Waals surface area contributed by atoms with Gasteiger partial charge in [0.2, 0.25) is 17.8 Å². The van der Waals surface area contributed by atoms with Crippen LogP contribution in [-0.2, 0) is 0 Å². The maximum atomic E-state index is 13.7. The minimum absolute atomic E-state index is 0.0246. The maximum Gasteiger partial charge on any atom is 0.242 e. The minimum atomic E-state index is -0.987. The number of halogens is 3. The van der Waals surface area contributed by atoms with Crippen molar-refractivity contribution < 1.29 is 8.78 Å². The SMILES string of the molecule is Cc1nc2cc(F)c(F)cc2n1-c1nc(N)nc(Nc2ccc(Br)cc2)n1. The van der Waals surface area contributed by atoms with Crippen LogP contribution in [0.4, 0.5) is 26.4 Å². The normalized spacial score (nSPS) is 11.1. The van der Waals surface area contributed by atoms with E-state index in [0.717, 1.165) is 22.3 Å². The molecule has 0 aliphatic carbocycles. The molecule has 0 spiro atoms. The van der Waals surface area contributed by atoms with E-state index >= 15 is 0 Å². The van der Waals surface area contributed by atoms with Crippen LogP contribution in [0.15, 0.2) is 40.9 Å². The van der Waals surface area contributed by atoms with Crippen LogP contribution >= 0.6 is 15.9 Å². The van der Waals surface area contributed by atoms with Gasteiger partial charge < -0.3 is 11.1 Å². The van der Waals surface area contributed by atoms with E-state index < -0.39 is 11.6 Å². The lowest BCUT2D eigenvalue weighted by atomic mass is 10.3. The van der Waals surface area contributed by atoms with Gasteiger partial charge in [-0.1, -0.05) is 15.9 Å². The third-order valence-electron chi connectivity index (χ3n) is 3.81. The van der Waals surface area contributed by atoms with Gasteiger partial charge in [-0.3, -0.25) is 4.57 Å². The number of fused-ring (bicyclic) bond motifs is 1. The van der Waals surface area contributed by atoms with E-state index in [1.54, 1.807) is 6.92 Å². The summed E-state index contributed by atoms with van der Waals surface area (Å²) in [5, 5.41) is 3.03. The predicted molar refractivity (Wildman–Crippen MR) is 101 cm³/mol. The molecule has 2 aromatic heterocycles. The fourth-order valence-electron chi connectivity index (χ4n) is 2.64. The van der Waals surface area contributed by atoms with Crippen LogP contribution in [0.1, 0.15) is 5.82 Å². The molecule has 10 heteroatoms. The maximum absolute atomic E-state index is 13.7. The number of nitrogens with two attached hydrogens (primary N) is 1. The van der Waals surface area contributed by atoms with E-state index in [4.69, 9.17) is 5.73 Å². The van der Waals surface area contributed by atoms with Crippen molar-refractivity contribution in [3.8, 4) is 5.95 Å². The van der Waals surface area contributed by atoms with Crippen LogP contribution in [0.25, 0.3) is 17.0 Å². The lowest BCUT2D eigenvalue weighted by Gasteiger charge is -2.09. The lowest BCUT2D eigenvalue weighted by molar-refractivity contribution is 0.510. The molecule has 0 fully saturated rings. The zero-order valence-electron chi connectivity index (χ0n) is 13.9. The molecule has 0 amide bonds. The molecule has 7 nitrogen and oxygen atoms in total. The number of imidazole rings is 1. The molecule has 136 valence electrons. The molecule has 0 bridgehead atoms. The summed E-state index contributed by atoms with van der Waals surface area (Å²) in [4.78, 5) is 16.8. The number of benzene rings is 2. The van der Waals surface area contributed by atoms with Crippen molar-refractivity contribution in [1.82, 2.24) is 24.5 Å².